The van der Waals surface area contributed by atoms with E-state index in [2.05, 4.69) is 4.84 Å². The smallest absolute Gasteiger partial charge is 0.483 e. The molecular weight excluding hydrogens is 469 g/mol. The highest BCUT2D eigenvalue weighted by molar-refractivity contribution is 6.24. The molecule has 15 heteroatoms. The highest BCUT2D eigenvalue weighted by Gasteiger charge is 2.46. The van der Waals surface area contributed by atoms with Crippen molar-refractivity contribution in [3.05, 3.63) is 29.3 Å². The summed E-state index contributed by atoms with van der Waals surface area (Å²) in [7, 11) is 0. The molecule has 1 aromatic carbocycles. The summed E-state index contributed by atoms with van der Waals surface area (Å²) >= 11 is 0. The Morgan fingerprint density at radius 2 is 1.88 bits per heavy atom. The fourth-order valence-electron chi connectivity index (χ4n) is 3.31. The van der Waals surface area contributed by atoms with E-state index >= 15 is 0 Å². The summed E-state index contributed by atoms with van der Waals surface area (Å²) in [5, 5.41) is 2.11. The fourth-order valence-corrected chi connectivity index (χ4v) is 3.31. The van der Waals surface area contributed by atoms with E-state index in [4.69, 9.17) is 10.5 Å². The zero-order valence-corrected chi connectivity index (χ0v) is 17.2. The molecule has 3 N–H and O–H groups in total. The molecule has 0 aromatic heterocycles. The number of alkyl halides is 3. The predicted octanol–water partition coefficient (Wildman–Crippen LogP) is -0.726. The van der Waals surface area contributed by atoms with Gasteiger partial charge in [-0.1, -0.05) is 6.07 Å². The maximum atomic E-state index is 12.9. The van der Waals surface area contributed by atoms with E-state index in [1.807, 2.05) is 5.32 Å². The number of rotatable bonds is 6. The number of imide groups is 2. The van der Waals surface area contributed by atoms with Crippen LogP contribution in [-0.2, 0) is 24.0 Å². The normalized spacial score (nSPS) is 17.9. The monoisotopic (exact) mass is 486 g/mol. The molecule has 0 radical (unpaired) electrons. The Morgan fingerprint density at radius 1 is 1.18 bits per heavy atom. The number of nitrogens with one attached hydrogen (secondary N) is 1. The van der Waals surface area contributed by atoms with Crippen molar-refractivity contribution in [2.45, 2.75) is 25.1 Å². The molecule has 2 heterocycles. The molecule has 12 nitrogen and oxygen atoms in total. The predicted molar refractivity (Wildman–Crippen MR) is 102 cm³/mol. The van der Waals surface area contributed by atoms with Crippen LogP contribution in [0.2, 0.25) is 0 Å². The molecular formula is C19H17F3N4O8. The van der Waals surface area contributed by atoms with Gasteiger partial charge in [0.1, 0.15) is 11.8 Å². The molecule has 1 fully saturated rings. The van der Waals surface area contributed by atoms with Gasteiger partial charge in [0.2, 0.25) is 11.8 Å². The van der Waals surface area contributed by atoms with Crippen molar-refractivity contribution in [2.24, 2.45) is 5.73 Å². The molecule has 1 saturated heterocycles. The lowest BCUT2D eigenvalue weighted by Crippen LogP contribution is -2.54. The van der Waals surface area contributed by atoms with E-state index in [0.717, 1.165) is 0 Å². The Morgan fingerprint density at radius 3 is 2.50 bits per heavy atom. The lowest BCUT2D eigenvalue weighted by Gasteiger charge is -2.27. The molecule has 2 aliphatic rings. The van der Waals surface area contributed by atoms with Crippen molar-refractivity contribution in [2.75, 3.05) is 19.7 Å². The molecule has 34 heavy (non-hydrogen) atoms. The van der Waals surface area contributed by atoms with Gasteiger partial charge in [-0.25, -0.2) is 4.79 Å². The molecule has 1 aromatic rings. The zero-order valence-electron chi connectivity index (χ0n) is 17.2. The number of fused-ring (bicyclic) bond motifs is 1. The lowest BCUT2D eigenvalue weighted by atomic mass is 10.0. The minimum absolute atomic E-state index is 0.0711. The summed E-state index contributed by atoms with van der Waals surface area (Å²) in [6, 6.07) is 2.59. The van der Waals surface area contributed by atoms with Crippen molar-refractivity contribution in [1.82, 2.24) is 15.3 Å². The molecule has 0 bridgehead atoms. The van der Waals surface area contributed by atoms with E-state index in [1.165, 1.54) is 18.2 Å². The number of nitrogens with zero attached hydrogens (tertiary/aromatic N) is 2. The van der Waals surface area contributed by atoms with Gasteiger partial charge in [0.05, 0.1) is 17.7 Å². The van der Waals surface area contributed by atoms with Gasteiger partial charge in [0, 0.05) is 13.0 Å². The summed E-state index contributed by atoms with van der Waals surface area (Å²) in [6.07, 6.45) is -5.53. The first kappa shape index (κ1) is 24.6. The summed E-state index contributed by atoms with van der Waals surface area (Å²) in [5.74, 6) is -7.25. The van der Waals surface area contributed by atoms with Crippen LogP contribution >= 0.6 is 0 Å². The van der Waals surface area contributed by atoms with Gasteiger partial charge in [-0.15, -0.1) is 0 Å². The van der Waals surface area contributed by atoms with Gasteiger partial charge in [-0.3, -0.25) is 34.2 Å². The highest BCUT2D eigenvalue weighted by Crippen LogP contribution is 2.33. The largest absolute Gasteiger partial charge is 0.493 e. The number of nitrogens with two attached hydrogens (primary N) is 1. The first-order chi connectivity index (χ1) is 16.0. The number of carbonyl (C=O) groups excluding carboxylic acids is 6. The molecule has 182 valence electrons. The quantitative estimate of drug-likeness (QED) is 0.390. The Bertz CT molecular complexity index is 1070. The van der Waals surface area contributed by atoms with E-state index in [-0.39, 0.29) is 41.3 Å². The Hall–Kier alpha value is -4.01. The standard InChI is InChI=1S/C19H17F3N4O8/c20-19(21,22)18(32)34-25(7-6-23)13(28)8-33-11-3-1-2-9-14(11)17(31)26(16(9)30)10-4-5-12(27)24-15(10)29/h1-3,10H,4-8,23H2,(H,24,27,29). The Labute approximate surface area is 188 Å². The topological polar surface area (TPSA) is 165 Å². The Kier molecular flexibility index (Phi) is 6.85. The van der Waals surface area contributed by atoms with Crippen LogP contribution in [0.5, 0.6) is 5.75 Å². The van der Waals surface area contributed by atoms with Crippen LogP contribution in [-0.4, -0.2) is 77.4 Å². The van der Waals surface area contributed by atoms with Crippen LogP contribution in [0.15, 0.2) is 18.2 Å². The molecule has 1 atom stereocenters. The van der Waals surface area contributed by atoms with Crippen molar-refractivity contribution in [3.8, 4) is 5.75 Å². The van der Waals surface area contributed by atoms with Gasteiger partial charge in [0.25, 0.3) is 17.7 Å². The summed E-state index contributed by atoms with van der Waals surface area (Å²) in [5.41, 5.74) is 4.81. The third kappa shape index (κ3) is 4.83. The fraction of sp³-hybridized carbons (Fsp3) is 0.368. The second kappa shape index (κ2) is 9.46. The zero-order chi connectivity index (χ0) is 25.2. The van der Waals surface area contributed by atoms with E-state index < -0.39 is 60.9 Å². The van der Waals surface area contributed by atoms with Gasteiger partial charge in [0.15, 0.2) is 6.61 Å². The van der Waals surface area contributed by atoms with Crippen LogP contribution in [0.3, 0.4) is 0 Å². The third-order valence-corrected chi connectivity index (χ3v) is 4.82. The number of hydroxylamine groups is 2. The number of amides is 5. The lowest BCUT2D eigenvalue weighted by molar-refractivity contribution is -0.237. The minimum Gasteiger partial charge on any atom is -0.483 e. The molecule has 0 saturated carbocycles. The molecule has 0 spiro atoms. The SMILES string of the molecule is NCCN(OC(=O)C(F)(F)F)C(=O)COc1cccc2c1C(=O)N(C1CCC(=O)NC1=O)C2=O. The van der Waals surface area contributed by atoms with Gasteiger partial charge < -0.3 is 15.3 Å². The van der Waals surface area contributed by atoms with Crippen molar-refractivity contribution in [3.63, 3.8) is 0 Å². The van der Waals surface area contributed by atoms with E-state index in [9.17, 15) is 41.9 Å². The summed E-state index contributed by atoms with van der Waals surface area (Å²) in [6.45, 7) is -1.88. The van der Waals surface area contributed by atoms with E-state index in [1.54, 1.807) is 0 Å². The minimum atomic E-state index is -5.36. The number of benzene rings is 1. The van der Waals surface area contributed by atoms with Crippen molar-refractivity contribution in [1.29, 1.82) is 0 Å². The van der Waals surface area contributed by atoms with Gasteiger partial charge in [-0.05, 0) is 18.6 Å². The molecule has 2 aliphatic heterocycles. The number of ether oxygens (including phenoxy) is 1. The van der Waals surface area contributed by atoms with Crippen molar-refractivity contribution < 1.29 is 51.5 Å². The van der Waals surface area contributed by atoms with Crippen LogP contribution in [0.25, 0.3) is 0 Å². The molecule has 3 rings (SSSR count). The average Bonchev–Trinajstić information content (AvgIpc) is 3.02. The number of hydrogen-bond acceptors (Lipinski definition) is 9. The van der Waals surface area contributed by atoms with E-state index in [0.29, 0.717) is 4.90 Å². The first-order valence-electron chi connectivity index (χ1n) is 9.72. The summed E-state index contributed by atoms with van der Waals surface area (Å²) in [4.78, 5) is 77.2. The van der Waals surface area contributed by atoms with Gasteiger partial charge >= 0.3 is 12.1 Å². The van der Waals surface area contributed by atoms with Crippen LogP contribution in [0.4, 0.5) is 13.2 Å². The maximum Gasteiger partial charge on any atom is 0.493 e. The van der Waals surface area contributed by atoms with Crippen molar-refractivity contribution >= 4 is 35.5 Å². The summed E-state index contributed by atoms with van der Waals surface area (Å²) < 4.78 is 42.6. The van der Waals surface area contributed by atoms with Crippen LogP contribution in [0, 0.1) is 0 Å². The molecule has 5 amide bonds. The number of carbonyl (C=O) groups is 6. The molecule has 0 aliphatic carbocycles. The molecule has 1 unspecified atom stereocenters. The first-order valence-corrected chi connectivity index (χ1v) is 9.72. The maximum absolute atomic E-state index is 12.9. The number of halogens is 3. The van der Waals surface area contributed by atoms with Crippen LogP contribution < -0.4 is 15.8 Å². The third-order valence-electron chi connectivity index (χ3n) is 4.82. The number of hydrogen-bond donors (Lipinski definition) is 2. The second-order valence-corrected chi connectivity index (χ2v) is 7.08. The van der Waals surface area contributed by atoms with Crippen LogP contribution in [0.1, 0.15) is 33.6 Å². The number of piperidine rings is 1. The average molecular weight is 486 g/mol. The van der Waals surface area contributed by atoms with Gasteiger partial charge in [-0.2, -0.15) is 18.2 Å². The second-order valence-electron chi connectivity index (χ2n) is 7.08. The Balaban J connectivity index is 1.76. The highest BCUT2D eigenvalue weighted by atomic mass is 19.4.